The lowest BCUT2D eigenvalue weighted by Gasteiger charge is -2.04. The fourth-order valence-corrected chi connectivity index (χ4v) is 2.70. The summed E-state index contributed by atoms with van der Waals surface area (Å²) >= 11 is 0. The van der Waals surface area contributed by atoms with Crippen LogP contribution in [0.15, 0.2) is 53.1 Å². The molecule has 3 rings (SSSR count). The molecular formula is C19H18FN3O2. The van der Waals surface area contributed by atoms with Crippen LogP contribution in [0.4, 0.5) is 4.39 Å². The van der Waals surface area contributed by atoms with Gasteiger partial charge >= 0.3 is 0 Å². The largest absolute Gasteiger partial charge is 0.366 e. The van der Waals surface area contributed by atoms with Crippen LogP contribution in [-0.2, 0) is 19.3 Å². The quantitative estimate of drug-likeness (QED) is 0.717. The van der Waals surface area contributed by atoms with Crippen LogP contribution >= 0.6 is 0 Å². The van der Waals surface area contributed by atoms with Crippen molar-refractivity contribution in [2.45, 2.75) is 25.7 Å². The average Bonchev–Trinajstić information content (AvgIpc) is 3.02. The van der Waals surface area contributed by atoms with Crippen molar-refractivity contribution in [3.05, 3.63) is 82.8 Å². The van der Waals surface area contributed by atoms with E-state index in [9.17, 15) is 9.18 Å². The van der Waals surface area contributed by atoms with Crippen LogP contribution in [0.25, 0.3) is 0 Å². The van der Waals surface area contributed by atoms with E-state index in [1.165, 1.54) is 12.1 Å². The Morgan fingerprint density at radius 3 is 2.76 bits per heavy atom. The molecule has 0 unspecified atom stereocenters. The van der Waals surface area contributed by atoms with Gasteiger partial charge in [0, 0.05) is 18.4 Å². The molecule has 0 aliphatic rings. The van der Waals surface area contributed by atoms with Gasteiger partial charge in [-0.1, -0.05) is 35.5 Å². The summed E-state index contributed by atoms with van der Waals surface area (Å²) in [4.78, 5) is 15.7. The Kier molecular flexibility index (Phi) is 5.18. The van der Waals surface area contributed by atoms with Crippen molar-refractivity contribution in [2.24, 2.45) is 5.73 Å². The predicted octanol–water partition coefficient (Wildman–Crippen LogP) is 3.07. The number of hydrogen-bond acceptors (Lipinski definition) is 4. The molecule has 0 aliphatic heterocycles. The van der Waals surface area contributed by atoms with E-state index in [1.54, 1.807) is 18.2 Å². The fraction of sp³-hybridized carbons (Fsp3) is 0.211. The third-order valence-corrected chi connectivity index (χ3v) is 3.88. The van der Waals surface area contributed by atoms with Gasteiger partial charge in [-0.05, 0) is 42.2 Å². The second-order valence-corrected chi connectivity index (χ2v) is 5.79. The predicted molar refractivity (Wildman–Crippen MR) is 90.5 cm³/mol. The van der Waals surface area contributed by atoms with E-state index in [0.29, 0.717) is 36.5 Å². The topological polar surface area (TPSA) is 82.0 Å². The van der Waals surface area contributed by atoms with Gasteiger partial charge in [-0.2, -0.15) is 4.98 Å². The zero-order valence-corrected chi connectivity index (χ0v) is 13.6. The van der Waals surface area contributed by atoms with Crippen molar-refractivity contribution in [2.75, 3.05) is 0 Å². The smallest absolute Gasteiger partial charge is 0.248 e. The van der Waals surface area contributed by atoms with Crippen molar-refractivity contribution < 1.29 is 13.7 Å². The molecule has 0 radical (unpaired) electrons. The van der Waals surface area contributed by atoms with Crippen LogP contribution in [-0.4, -0.2) is 16.0 Å². The van der Waals surface area contributed by atoms with E-state index in [1.807, 2.05) is 18.2 Å². The first-order valence-electron chi connectivity index (χ1n) is 8.05. The van der Waals surface area contributed by atoms with E-state index < -0.39 is 5.91 Å². The molecule has 128 valence electrons. The number of primary amides is 1. The van der Waals surface area contributed by atoms with Gasteiger partial charge in [-0.15, -0.1) is 0 Å². The summed E-state index contributed by atoms with van der Waals surface area (Å²) in [5.41, 5.74) is 7.63. The van der Waals surface area contributed by atoms with Crippen molar-refractivity contribution in [3.63, 3.8) is 0 Å². The highest BCUT2D eigenvalue weighted by molar-refractivity contribution is 5.94. The average molecular weight is 339 g/mol. The van der Waals surface area contributed by atoms with Gasteiger partial charge < -0.3 is 10.3 Å². The molecule has 0 bridgehead atoms. The van der Waals surface area contributed by atoms with Gasteiger partial charge in [0.15, 0.2) is 5.82 Å². The minimum Gasteiger partial charge on any atom is -0.366 e. The van der Waals surface area contributed by atoms with Gasteiger partial charge in [-0.3, -0.25) is 4.79 Å². The van der Waals surface area contributed by atoms with Crippen molar-refractivity contribution >= 4 is 5.91 Å². The Balaban J connectivity index is 1.56. The van der Waals surface area contributed by atoms with Gasteiger partial charge in [0.1, 0.15) is 5.82 Å². The number of rotatable bonds is 7. The molecule has 2 aromatic carbocycles. The first-order valence-corrected chi connectivity index (χ1v) is 8.05. The maximum Gasteiger partial charge on any atom is 0.248 e. The molecule has 3 aromatic rings. The van der Waals surface area contributed by atoms with Gasteiger partial charge in [0.05, 0.1) is 0 Å². The summed E-state index contributed by atoms with van der Waals surface area (Å²) < 4.78 is 18.4. The highest BCUT2D eigenvalue weighted by atomic mass is 19.1. The van der Waals surface area contributed by atoms with Gasteiger partial charge in [-0.25, -0.2) is 4.39 Å². The number of aryl methyl sites for hydroxylation is 2. The molecule has 25 heavy (non-hydrogen) atoms. The number of aromatic nitrogens is 2. The first-order chi connectivity index (χ1) is 12.1. The first kappa shape index (κ1) is 16.8. The minimum atomic E-state index is -0.425. The number of carbonyl (C=O) groups is 1. The molecule has 0 fully saturated rings. The lowest BCUT2D eigenvalue weighted by atomic mass is 10.0. The summed E-state index contributed by atoms with van der Waals surface area (Å²) in [6.07, 6.45) is 2.47. The normalized spacial score (nSPS) is 10.8. The lowest BCUT2D eigenvalue weighted by molar-refractivity contribution is 0.0999. The van der Waals surface area contributed by atoms with E-state index in [0.717, 1.165) is 17.5 Å². The second kappa shape index (κ2) is 7.70. The Hall–Kier alpha value is -3.02. The number of hydrogen-bond donors (Lipinski definition) is 1. The number of nitrogens with zero attached hydrogens (tertiary/aromatic N) is 2. The molecule has 5 nitrogen and oxygen atoms in total. The maximum absolute atomic E-state index is 13.2. The summed E-state index contributed by atoms with van der Waals surface area (Å²) in [6.45, 7) is 0. The lowest BCUT2D eigenvalue weighted by Crippen LogP contribution is -2.13. The Bertz CT molecular complexity index is 876. The number of amides is 1. The minimum absolute atomic E-state index is 0.283. The highest BCUT2D eigenvalue weighted by Crippen LogP contribution is 2.13. The fourth-order valence-electron chi connectivity index (χ4n) is 2.70. The van der Waals surface area contributed by atoms with E-state index >= 15 is 0 Å². The third-order valence-electron chi connectivity index (χ3n) is 3.88. The summed E-state index contributed by atoms with van der Waals surface area (Å²) in [6, 6.07) is 13.6. The van der Waals surface area contributed by atoms with Gasteiger partial charge in [0.25, 0.3) is 0 Å². The van der Waals surface area contributed by atoms with E-state index in [2.05, 4.69) is 10.1 Å². The molecule has 0 saturated carbocycles. The Morgan fingerprint density at radius 1 is 1.12 bits per heavy atom. The number of halogens is 1. The van der Waals surface area contributed by atoms with Crippen molar-refractivity contribution in [1.82, 2.24) is 10.1 Å². The molecule has 1 heterocycles. The monoisotopic (exact) mass is 339 g/mol. The summed E-state index contributed by atoms with van der Waals surface area (Å²) in [5.74, 6) is 0.348. The molecule has 1 amide bonds. The standard InChI is InChI=1S/C19H18FN3O2/c20-15-8-3-5-13(11-15)12-17-22-18(25-23-17)10-4-7-14-6-1-2-9-16(14)19(21)24/h1-3,5-6,8-9,11H,4,7,10,12H2,(H2,21,24). The maximum atomic E-state index is 13.2. The highest BCUT2D eigenvalue weighted by Gasteiger charge is 2.10. The number of benzene rings is 2. The van der Waals surface area contributed by atoms with Crippen LogP contribution in [0.3, 0.4) is 0 Å². The SMILES string of the molecule is NC(=O)c1ccccc1CCCc1nc(Cc2cccc(F)c2)no1. The molecule has 1 aromatic heterocycles. The summed E-state index contributed by atoms with van der Waals surface area (Å²) in [7, 11) is 0. The van der Waals surface area contributed by atoms with E-state index in [4.69, 9.17) is 10.3 Å². The van der Waals surface area contributed by atoms with Crippen LogP contribution < -0.4 is 5.73 Å². The van der Waals surface area contributed by atoms with Crippen LogP contribution in [0.5, 0.6) is 0 Å². The van der Waals surface area contributed by atoms with Crippen molar-refractivity contribution in [1.29, 1.82) is 0 Å². The Morgan fingerprint density at radius 2 is 1.96 bits per heavy atom. The molecule has 0 aliphatic carbocycles. The Labute approximate surface area is 144 Å². The molecule has 0 spiro atoms. The van der Waals surface area contributed by atoms with Crippen LogP contribution in [0.1, 0.15) is 39.6 Å². The molecule has 6 heteroatoms. The molecular weight excluding hydrogens is 321 g/mol. The van der Waals surface area contributed by atoms with Crippen molar-refractivity contribution in [3.8, 4) is 0 Å². The summed E-state index contributed by atoms with van der Waals surface area (Å²) in [5, 5.41) is 3.93. The number of carbonyl (C=O) groups excluding carboxylic acids is 1. The zero-order valence-electron chi connectivity index (χ0n) is 13.6. The van der Waals surface area contributed by atoms with E-state index in [-0.39, 0.29) is 5.82 Å². The second-order valence-electron chi connectivity index (χ2n) is 5.79. The van der Waals surface area contributed by atoms with Crippen LogP contribution in [0, 0.1) is 5.82 Å². The molecule has 0 saturated heterocycles. The van der Waals surface area contributed by atoms with Gasteiger partial charge in [0.2, 0.25) is 11.8 Å². The molecule has 2 N–H and O–H groups in total. The van der Waals surface area contributed by atoms with Crippen LogP contribution in [0.2, 0.25) is 0 Å². The molecule has 0 atom stereocenters. The third kappa shape index (κ3) is 4.50. The number of nitrogens with two attached hydrogens (primary N) is 1. The zero-order chi connectivity index (χ0) is 17.6.